The maximum atomic E-state index is 10.9. The van der Waals surface area contributed by atoms with Gasteiger partial charge < -0.3 is 10.6 Å². The summed E-state index contributed by atoms with van der Waals surface area (Å²) in [4.78, 5) is 12.8. The first-order valence-corrected chi connectivity index (χ1v) is 4.03. The van der Waals surface area contributed by atoms with Gasteiger partial charge in [-0.05, 0) is 19.0 Å². The molecule has 3 heteroatoms. The minimum Gasteiger partial charge on any atom is -0.366 e. The Morgan fingerprint density at radius 2 is 2.67 bits per heavy atom. The van der Waals surface area contributed by atoms with Crippen molar-refractivity contribution in [1.82, 2.24) is 4.90 Å². The van der Waals surface area contributed by atoms with E-state index < -0.39 is 12.3 Å². The van der Waals surface area contributed by atoms with Gasteiger partial charge >= 0.3 is 0 Å². The minimum atomic E-state index is -0.606. The van der Waals surface area contributed by atoms with E-state index in [-0.39, 0.29) is 0 Å². The molecule has 0 fully saturated rings. The van der Waals surface area contributed by atoms with Crippen molar-refractivity contribution in [3.05, 3.63) is 24.0 Å². The third kappa shape index (κ3) is 2.12. The molecule has 0 spiro atoms. The Morgan fingerprint density at radius 3 is 3.25 bits per heavy atom. The fourth-order valence-electron chi connectivity index (χ4n) is 1.07. The van der Waals surface area contributed by atoms with Gasteiger partial charge in [0.25, 0.3) is 0 Å². The van der Waals surface area contributed by atoms with Gasteiger partial charge in [-0.3, -0.25) is 4.79 Å². The molecule has 0 radical (unpaired) electrons. The van der Waals surface area contributed by atoms with E-state index in [1.54, 1.807) is 12.3 Å². The van der Waals surface area contributed by atoms with Crippen LogP contribution in [-0.4, -0.2) is 17.4 Å². The molecular formula is C9H14N2O. The van der Waals surface area contributed by atoms with Crippen LogP contribution >= 0.6 is 0 Å². The summed E-state index contributed by atoms with van der Waals surface area (Å²) in [5.41, 5.74) is 5.49. The molecule has 1 aliphatic rings. The van der Waals surface area contributed by atoms with E-state index in [2.05, 4.69) is 6.92 Å². The van der Waals surface area contributed by atoms with Gasteiger partial charge in [-0.2, -0.15) is 0 Å². The average Bonchev–Trinajstić information content (AvgIpc) is 2.08. The van der Waals surface area contributed by atoms with Crippen LogP contribution in [-0.2, 0) is 4.79 Å². The molecule has 1 atom stereocenters. The highest BCUT2D eigenvalue weighted by Crippen LogP contribution is 2.11. The number of hydrogen-bond donors (Lipinski definition) is 1. The van der Waals surface area contributed by atoms with E-state index in [0.717, 1.165) is 13.0 Å². The zero-order valence-electron chi connectivity index (χ0n) is 8.16. The van der Waals surface area contributed by atoms with Crippen molar-refractivity contribution in [2.75, 3.05) is 6.54 Å². The van der Waals surface area contributed by atoms with Crippen LogP contribution in [0.15, 0.2) is 24.0 Å². The largest absolute Gasteiger partial charge is 0.366 e. The van der Waals surface area contributed by atoms with Gasteiger partial charge in [0.1, 0.15) is 0 Å². The number of carbonyl (C=O) groups excluding carboxylic acids is 1. The molecule has 1 heterocycles. The van der Waals surface area contributed by atoms with Gasteiger partial charge in [0.05, 0.1) is 0 Å². The van der Waals surface area contributed by atoms with Crippen molar-refractivity contribution in [3.63, 3.8) is 0 Å². The normalized spacial score (nSPS) is 23.4. The summed E-state index contributed by atoms with van der Waals surface area (Å²) in [5.74, 6) is -0.509. The molecule has 12 heavy (non-hydrogen) atoms. The topological polar surface area (TPSA) is 46.3 Å². The SMILES string of the molecule is [2H]C1C=CN(CCC)C=C1C(N)=O. The molecule has 1 rings (SSSR count). The molecule has 0 bridgehead atoms. The average molecular weight is 167 g/mol. The van der Waals surface area contributed by atoms with E-state index in [9.17, 15) is 4.79 Å². The molecule has 0 saturated heterocycles. The first-order chi connectivity index (χ1) is 6.15. The van der Waals surface area contributed by atoms with Crippen molar-refractivity contribution in [3.8, 4) is 0 Å². The number of amides is 1. The molecule has 66 valence electrons. The van der Waals surface area contributed by atoms with Gasteiger partial charge in [0.15, 0.2) is 0 Å². The van der Waals surface area contributed by atoms with Gasteiger partial charge in [-0.15, -0.1) is 0 Å². The quantitative estimate of drug-likeness (QED) is 0.681. The Hall–Kier alpha value is -1.25. The molecule has 0 saturated carbocycles. The second kappa shape index (κ2) is 3.95. The number of carbonyl (C=O) groups is 1. The lowest BCUT2D eigenvalue weighted by atomic mass is 10.1. The maximum absolute atomic E-state index is 10.9. The summed E-state index contributed by atoms with van der Waals surface area (Å²) < 4.78 is 7.50. The Labute approximate surface area is 73.9 Å². The van der Waals surface area contributed by atoms with Crippen molar-refractivity contribution >= 4 is 5.91 Å². The highest BCUT2D eigenvalue weighted by atomic mass is 16.1. The van der Waals surface area contributed by atoms with Crippen LogP contribution in [0.4, 0.5) is 0 Å². The number of rotatable bonds is 3. The maximum Gasteiger partial charge on any atom is 0.246 e. The number of allylic oxidation sites excluding steroid dienone is 1. The van der Waals surface area contributed by atoms with Gasteiger partial charge in [-0.25, -0.2) is 0 Å². The lowest BCUT2D eigenvalue weighted by Gasteiger charge is -2.19. The summed E-state index contributed by atoms with van der Waals surface area (Å²) >= 11 is 0. The molecular weight excluding hydrogens is 152 g/mol. The lowest BCUT2D eigenvalue weighted by Crippen LogP contribution is -2.21. The first-order valence-electron chi connectivity index (χ1n) is 4.60. The van der Waals surface area contributed by atoms with Crippen molar-refractivity contribution in [2.45, 2.75) is 19.7 Å². The zero-order chi connectivity index (χ0) is 9.84. The van der Waals surface area contributed by atoms with E-state index >= 15 is 0 Å². The van der Waals surface area contributed by atoms with Gasteiger partial charge in [-0.1, -0.05) is 13.0 Å². The smallest absolute Gasteiger partial charge is 0.246 e. The predicted octanol–water partition coefficient (Wildman–Crippen LogP) is 0.985. The van der Waals surface area contributed by atoms with Crippen molar-refractivity contribution in [1.29, 1.82) is 0 Å². The Morgan fingerprint density at radius 1 is 1.92 bits per heavy atom. The van der Waals surface area contributed by atoms with Crippen LogP contribution in [0.25, 0.3) is 0 Å². The van der Waals surface area contributed by atoms with E-state index in [4.69, 9.17) is 7.10 Å². The summed E-state index contributed by atoms with van der Waals surface area (Å²) in [6.07, 6.45) is 5.52. The third-order valence-electron chi connectivity index (χ3n) is 1.62. The van der Waals surface area contributed by atoms with E-state index in [1.165, 1.54) is 0 Å². The molecule has 1 amide bonds. The second-order valence-corrected chi connectivity index (χ2v) is 2.69. The molecule has 1 aliphatic heterocycles. The molecule has 0 aromatic carbocycles. The number of primary amides is 1. The van der Waals surface area contributed by atoms with E-state index in [0.29, 0.717) is 5.57 Å². The standard InChI is InChI=1S/C9H14N2O/c1-2-5-11-6-3-4-8(7-11)9(10)12/h3,6-7H,2,4-5H2,1H3,(H2,10,12)/i4D. The highest BCUT2D eigenvalue weighted by molar-refractivity contribution is 5.92. The highest BCUT2D eigenvalue weighted by Gasteiger charge is 2.08. The zero-order valence-corrected chi connectivity index (χ0v) is 7.16. The molecule has 0 aromatic rings. The Kier molecular flexibility index (Phi) is 2.44. The van der Waals surface area contributed by atoms with Crippen molar-refractivity contribution in [2.24, 2.45) is 5.73 Å². The van der Waals surface area contributed by atoms with Crippen LogP contribution in [0.5, 0.6) is 0 Å². The van der Waals surface area contributed by atoms with Crippen LogP contribution in [0.2, 0.25) is 0 Å². The summed E-state index contributed by atoms with van der Waals surface area (Å²) in [6, 6.07) is 0. The minimum absolute atomic E-state index is 0.357. The van der Waals surface area contributed by atoms with Crippen LogP contribution in [0, 0.1) is 0 Å². The summed E-state index contributed by atoms with van der Waals surface area (Å²) in [7, 11) is 0. The number of nitrogens with two attached hydrogens (primary N) is 1. The fourth-order valence-corrected chi connectivity index (χ4v) is 1.07. The van der Waals surface area contributed by atoms with Crippen molar-refractivity contribution < 1.29 is 6.17 Å². The van der Waals surface area contributed by atoms with Crippen LogP contribution in [0.1, 0.15) is 21.1 Å². The molecule has 2 N–H and O–H groups in total. The first kappa shape index (κ1) is 7.40. The third-order valence-corrected chi connectivity index (χ3v) is 1.62. The predicted molar refractivity (Wildman–Crippen MR) is 48.0 cm³/mol. The van der Waals surface area contributed by atoms with Crippen LogP contribution < -0.4 is 5.73 Å². The molecule has 1 unspecified atom stereocenters. The van der Waals surface area contributed by atoms with Gasteiger partial charge in [0, 0.05) is 19.7 Å². The fraction of sp³-hybridized carbons (Fsp3) is 0.444. The summed E-state index contributed by atoms with van der Waals surface area (Å²) in [5, 5.41) is 0. The van der Waals surface area contributed by atoms with E-state index in [1.807, 2.05) is 11.1 Å². The molecule has 0 aliphatic carbocycles. The Balaban J connectivity index is 2.74. The lowest BCUT2D eigenvalue weighted by molar-refractivity contribution is -0.114. The summed E-state index contributed by atoms with van der Waals surface area (Å²) in [6.45, 7) is 2.90. The number of hydrogen-bond acceptors (Lipinski definition) is 2. The number of nitrogens with zero attached hydrogens (tertiary/aromatic N) is 1. The monoisotopic (exact) mass is 167 g/mol. The second-order valence-electron chi connectivity index (χ2n) is 2.69. The molecule has 0 aromatic heterocycles. The van der Waals surface area contributed by atoms with Gasteiger partial charge in [0.2, 0.25) is 5.91 Å². The molecule has 3 nitrogen and oxygen atoms in total. The van der Waals surface area contributed by atoms with Crippen LogP contribution in [0.3, 0.4) is 0 Å². The Bertz CT molecular complexity index is 260.